The number of aliphatic carboxylic acids is 2. The van der Waals surface area contributed by atoms with Gasteiger partial charge in [0, 0.05) is 51.3 Å². The van der Waals surface area contributed by atoms with Crippen LogP contribution in [0.4, 0.5) is 16.2 Å². The van der Waals surface area contributed by atoms with Gasteiger partial charge in [0.05, 0.1) is 11.0 Å². The molecular weight excluding hydrogens is 722 g/mol. The average Bonchev–Trinajstić information content (AvgIpc) is 3.62. The summed E-state index contributed by atoms with van der Waals surface area (Å²) in [4.78, 5) is 85.5. The van der Waals surface area contributed by atoms with Crippen LogP contribution in [0.25, 0.3) is 0 Å². The van der Waals surface area contributed by atoms with Gasteiger partial charge in [0.1, 0.15) is 18.7 Å². The molecule has 0 saturated carbocycles. The molecule has 1 aliphatic heterocycles. The molecule has 3 atom stereocenters. The zero-order valence-electron chi connectivity index (χ0n) is 30.8. The summed E-state index contributed by atoms with van der Waals surface area (Å²) < 4.78 is 5.18. The predicted molar refractivity (Wildman–Crippen MR) is 201 cm³/mol. The number of carbonyl (C=O) groups is 6. The summed E-state index contributed by atoms with van der Waals surface area (Å²) in [5.41, 5.74) is 18.0. The number of ether oxygens (including phenoxy) is 1. The van der Waals surface area contributed by atoms with E-state index in [0.29, 0.717) is 57.3 Å². The SMILES string of the molecule is CC(=O)O.CC(=O)O.NC(N)=NCCC[C@H](NC(=O)[C@@H]1CCCN1C(=O)[C@H](N)CCCCNC(=O)OCc1ccccc1)C(=O)Nc1ccc([N+](=O)[O-])cc1. The minimum atomic E-state index is -0.995. The topological polar surface area (TPSA) is 325 Å². The van der Waals surface area contributed by atoms with Crippen molar-refractivity contribution in [3.05, 3.63) is 70.3 Å². The molecule has 1 saturated heterocycles. The zero-order valence-corrected chi connectivity index (χ0v) is 30.8. The van der Waals surface area contributed by atoms with E-state index in [0.717, 1.165) is 19.4 Å². The van der Waals surface area contributed by atoms with Gasteiger partial charge in [-0.05, 0) is 62.6 Å². The summed E-state index contributed by atoms with van der Waals surface area (Å²) in [5.74, 6) is -3.17. The standard InChI is InChI=1S/C31H43N9O7.2C2H4O2/c32-24(10-4-5-17-36-31(44)47-20-21-8-2-1-3-9-21)29(43)39-19-7-12-26(39)28(42)38-25(11-6-18-35-30(33)34)27(41)37-22-13-15-23(16-14-22)40(45)46;2*1-2(3)4/h1-3,8-9,13-16,24-26H,4-7,10-12,17-20,32H2,(H,36,44)(H,37,41)(H,38,42)(H4,33,34,35);2*1H3,(H,3,4)/t24-,25+,26+;;/m1../s1. The lowest BCUT2D eigenvalue weighted by atomic mass is 10.1. The highest BCUT2D eigenvalue weighted by atomic mass is 16.6. The van der Waals surface area contributed by atoms with Crippen molar-refractivity contribution >= 4 is 53.1 Å². The molecule has 55 heavy (non-hydrogen) atoms. The smallest absolute Gasteiger partial charge is 0.407 e. The summed E-state index contributed by atoms with van der Waals surface area (Å²) >= 11 is 0. The first kappa shape index (κ1) is 46.7. The Labute approximate surface area is 318 Å². The first-order chi connectivity index (χ1) is 26.0. The number of carboxylic acid groups (broad SMARTS) is 2. The fourth-order valence-electron chi connectivity index (χ4n) is 5.03. The lowest BCUT2D eigenvalue weighted by molar-refractivity contribution is -0.384. The fraction of sp³-hybridized carbons (Fsp3) is 0.457. The number of rotatable bonds is 17. The molecular formula is C35H51N9O11. The number of likely N-dealkylation sites (tertiary alicyclic amines) is 1. The Balaban J connectivity index is 0.00000172. The highest BCUT2D eigenvalue weighted by Gasteiger charge is 2.37. The monoisotopic (exact) mass is 773 g/mol. The second kappa shape index (κ2) is 25.6. The number of non-ortho nitro benzene ring substituents is 1. The molecule has 1 aliphatic rings. The number of nitrogens with zero attached hydrogens (tertiary/aromatic N) is 3. The molecule has 302 valence electrons. The van der Waals surface area contributed by atoms with Gasteiger partial charge in [-0.2, -0.15) is 0 Å². The van der Waals surface area contributed by atoms with Crippen LogP contribution in [0.2, 0.25) is 0 Å². The Morgan fingerprint density at radius 1 is 0.964 bits per heavy atom. The van der Waals surface area contributed by atoms with Crippen molar-refractivity contribution in [2.45, 2.75) is 83.5 Å². The van der Waals surface area contributed by atoms with E-state index >= 15 is 0 Å². The molecule has 2 aromatic carbocycles. The number of carbonyl (C=O) groups excluding carboxylic acids is 4. The van der Waals surface area contributed by atoms with Gasteiger partial charge in [-0.15, -0.1) is 0 Å². The number of hydrogen-bond acceptors (Lipinski definition) is 11. The number of anilines is 1. The predicted octanol–water partition coefficient (Wildman–Crippen LogP) is 1.67. The molecule has 3 rings (SSSR count). The lowest BCUT2D eigenvalue weighted by Crippen LogP contribution is -2.54. The van der Waals surface area contributed by atoms with Crippen molar-refractivity contribution in [2.75, 3.05) is 25.0 Å². The molecule has 11 N–H and O–H groups in total. The number of carboxylic acids is 2. The van der Waals surface area contributed by atoms with Crippen LogP contribution in [0.15, 0.2) is 59.6 Å². The molecule has 1 fully saturated rings. The van der Waals surface area contributed by atoms with Gasteiger partial charge in [-0.1, -0.05) is 30.3 Å². The van der Waals surface area contributed by atoms with Crippen molar-refractivity contribution in [2.24, 2.45) is 22.2 Å². The average molecular weight is 774 g/mol. The number of alkyl carbamates (subject to hydrolysis) is 1. The number of nitrogens with two attached hydrogens (primary N) is 3. The maximum atomic E-state index is 13.4. The van der Waals surface area contributed by atoms with Gasteiger partial charge in [0.2, 0.25) is 17.7 Å². The van der Waals surface area contributed by atoms with Crippen LogP contribution in [0.1, 0.15) is 64.4 Å². The number of nitro benzene ring substituents is 1. The quantitative estimate of drug-likeness (QED) is 0.0373. The molecule has 0 bridgehead atoms. The highest BCUT2D eigenvalue weighted by molar-refractivity contribution is 5.98. The summed E-state index contributed by atoms with van der Waals surface area (Å²) in [6.07, 6.45) is 2.53. The summed E-state index contributed by atoms with van der Waals surface area (Å²) in [5, 5.41) is 33.9. The van der Waals surface area contributed by atoms with Crippen LogP contribution in [-0.4, -0.2) is 99.5 Å². The minimum Gasteiger partial charge on any atom is -0.481 e. The number of benzene rings is 2. The third-order valence-electron chi connectivity index (χ3n) is 7.50. The summed E-state index contributed by atoms with van der Waals surface area (Å²) in [7, 11) is 0. The molecule has 1 heterocycles. The van der Waals surface area contributed by atoms with Gasteiger partial charge in [0.15, 0.2) is 5.96 Å². The lowest BCUT2D eigenvalue weighted by Gasteiger charge is -2.28. The van der Waals surface area contributed by atoms with Crippen LogP contribution in [0.5, 0.6) is 0 Å². The Bertz CT molecular complexity index is 1570. The molecule has 0 spiro atoms. The number of hydrogen-bond donors (Lipinski definition) is 8. The molecule has 0 unspecified atom stereocenters. The van der Waals surface area contributed by atoms with E-state index in [4.69, 9.17) is 41.7 Å². The van der Waals surface area contributed by atoms with E-state index in [1.165, 1.54) is 29.2 Å². The maximum Gasteiger partial charge on any atom is 0.407 e. The molecule has 0 aromatic heterocycles. The minimum absolute atomic E-state index is 0.102. The van der Waals surface area contributed by atoms with Crippen molar-refractivity contribution in [1.82, 2.24) is 15.5 Å². The van der Waals surface area contributed by atoms with E-state index < -0.39 is 52.9 Å². The van der Waals surface area contributed by atoms with Gasteiger partial charge in [0.25, 0.3) is 17.6 Å². The van der Waals surface area contributed by atoms with Crippen LogP contribution in [-0.2, 0) is 35.3 Å². The van der Waals surface area contributed by atoms with Gasteiger partial charge < -0.3 is 53.0 Å². The van der Waals surface area contributed by atoms with Crippen LogP contribution in [0, 0.1) is 10.1 Å². The second-order valence-corrected chi connectivity index (χ2v) is 12.1. The van der Waals surface area contributed by atoms with Crippen molar-refractivity contribution < 1.29 is 48.6 Å². The van der Waals surface area contributed by atoms with E-state index in [1.807, 2.05) is 30.3 Å². The Morgan fingerprint density at radius 3 is 2.16 bits per heavy atom. The van der Waals surface area contributed by atoms with Crippen LogP contribution < -0.4 is 33.2 Å². The zero-order chi connectivity index (χ0) is 41.3. The van der Waals surface area contributed by atoms with E-state index in [9.17, 15) is 29.3 Å². The summed E-state index contributed by atoms with van der Waals surface area (Å²) in [6.45, 7) is 3.27. The molecule has 2 aromatic rings. The number of aliphatic imine (C=N–C) groups is 1. The second-order valence-electron chi connectivity index (χ2n) is 12.1. The van der Waals surface area contributed by atoms with Crippen molar-refractivity contribution in [3.8, 4) is 0 Å². The van der Waals surface area contributed by atoms with Crippen molar-refractivity contribution in [1.29, 1.82) is 0 Å². The van der Waals surface area contributed by atoms with Crippen LogP contribution in [0.3, 0.4) is 0 Å². The van der Waals surface area contributed by atoms with E-state index in [-0.39, 0.29) is 37.1 Å². The number of nitro groups is 1. The molecule has 20 nitrogen and oxygen atoms in total. The Morgan fingerprint density at radius 2 is 1.58 bits per heavy atom. The number of guanidine groups is 1. The van der Waals surface area contributed by atoms with E-state index in [1.54, 1.807) is 0 Å². The molecule has 0 aliphatic carbocycles. The number of nitrogens with one attached hydrogen (secondary N) is 3. The van der Waals surface area contributed by atoms with Gasteiger partial charge >= 0.3 is 6.09 Å². The number of unbranched alkanes of at least 4 members (excludes halogenated alkanes) is 1. The van der Waals surface area contributed by atoms with Gasteiger partial charge in [-0.3, -0.25) is 39.1 Å². The van der Waals surface area contributed by atoms with Crippen LogP contribution >= 0.6 is 0 Å². The normalized spacial score (nSPS) is 13.9. The third-order valence-corrected chi connectivity index (χ3v) is 7.50. The molecule has 20 heteroatoms. The third kappa shape index (κ3) is 20.5. The Hall–Kier alpha value is -6.31. The fourth-order valence-corrected chi connectivity index (χ4v) is 5.03. The van der Waals surface area contributed by atoms with E-state index in [2.05, 4.69) is 20.9 Å². The maximum absolute atomic E-state index is 13.4. The highest BCUT2D eigenvalue weighted by Crippen LogP contribution is 2.21. The summed E-state index contributed by atoms with van der Waals surface area (Å²) in [6, 6.07) is 12.0. The Kier molecular flexibility index (Phi) is 21.8. The van der Waals surface area contributed by atoms with Crippen molar-refractivity contribution in [3.63, 3.8) is 0 Å². The molecule has 4 amide bonds. The first-order valence-electron chi connectivity index (χ1n) is 17.3. The number of amides is 4. The largest absolute Gasteiger partial charge is 0.481 e. The first-order valence-corrected chi connectivity index (χ1v) is 17.3. The van der Waals surface area contributed by atoms with Gasteiger partial charge in [-0.25, -0.2) is 4.79 Å². The molecule has 0 radical (unpaired) electrons.